The van der Waals surface area contributed by atoms with Gasteiger partial charge in [0.1, 0.15) is 6.33 Å². The Morgan fingerprint density at radius 2 is 2.38 bits per heavy atom. The number of furan rings is 1. The molecule has 0 fully saturated rings. The largest absolute Gasteiger partial charge is 0.457 e. The third-order valence-electron chi connectivity index (χ3n) is 1.94. The van der Waals surface area contributed by atoms with Crippen molar-refractivity contribution in [2.75, 3.05) is 0 Å². The summed E-state index contributed by atoms with van der Waals surface area (Å²) in [5.74, 6) is -0.209. The zero-order valence-electron chi connectivity index (χ0n) is 8.18. The first-order valence-corrected chi connectivity index (χ1v) is 5.33. The van der Waals surface area contributed by atoms with Crippen molar-refractivity contribution in [3.05, 3.63) is 46.8 Å². The van der Waals surface area contributed by atoms with Gasteiger partial charge >= 0.3 is 0 Å². The second-order valence-electron chi connectivity index (χ2n) is 2.99. The van der Waals surface area contributed by atoms with Gasteiger partial charge in [0.05, 0.1) is 24.1 Å². The molecule has 1 amide bonds. The SMILES string of the molecule is O=C(NCc1ccncn1)c1ccoc1Br. The Kier molecular flexibility index (Phi) is 3.31. The lowest BCUT2D eigenvalue weighted by molar-refractivity contribution is 0.0948. The van der Waals surface area contributed by atoms with Crippen LogP contribution in [0.3, 0.4) is 0 Å². The maximum absolute atomic E-state index is 11.7. The minimum absolute atomic E-state index is 0.209. The van der Waals surface area contributed by atoms with Crippen LogP contribution in [0, 0.1) is 0 Å². The molecule has 6 heteroatoms. The van der Waals surface area contributed by atoms with Gasteiger partial charge in [-0.25, -0.2) is 9.97 Å². The highest BCUT2D eigenvalue weighted by Crippen LogP contribution is 2.17. The molecule has 0 aliphatic carbocycles. The van der Waals surface area contributed by atoms with Crippen LogP contribution in [0.25, 0.3) is 0 Å². The normalized spacial score (nSPS) is 10.1. The Labute approximate surface area is 100 Å². The van der Waals surface area contributed by atoms with Crippen LogP contribution in [0.5, 0.6) is 0 Å². The molecule has 16 heavy (non-hydrogen) atoms. The highest BCUT2D eigenvalue weighted by atomic mass is 79.9. The molecular formula is C10H8BrN3O2. The van der Waals surface area contributed by atoms with Gasteiger partial charge in [0.15, 0.2) is 4.67 Å². The van der Waals surface area contributed by atoms with Crippen molar-refractivity contribution in [2.45, 2.75) is 6.54 Å². The Morgan fingerprint density at radius 1 is 1.50 bits per heavy atom. The van der Waals surface area contributed by atoms with Crippen molar-refractivity contribution in [3.63, 3.8) is 0 Å². The summed E-state index contributed by atoms with van der Waals surface area (Å²) in [6.07, 6.45) is 4.52. The lowest BCUT2D eigenvalue weighted by atomic mass is 10.3. The van der Waals surface area contributed by atoms with E-state index in [-0.39, 0.29) is 5.91 Å². The Balaban J connectivity index is 1.97. The second kappa shape index (κ2) is 4.89. The van der Waals surface area contributed by atoms with Crippen LogP contribution < -0.4 is 5.32 Å². The number of amides is 1. The van der Waals surface area contributed by atoms with Gasteiger partial charge in [0.25, 0.3) is 5.91 Å². The van der Waals surface area contributed by atoms with Gasteiger partial charge in [-0.2, -0.15) is 0 Å². The summed E-state index contributed by atoms with van der Waals surface area (Å²) in [5, 5.41) is 2.72. The van der Waals surface area contributed by atoms with E-state index in [9.17, 15) is 4.79 Å². The molecule has 0 unspecified atom stereocenters. The molecule has 1 N–H and O–H groups in total. The minimum atomic E-state index is -0.209. The first-order chi connectivity index (χ1) is 7.77. The van der Waals surface area contributed by atoms with Crippen LogP contribution >= 0.6 is 15.9 Å². The molecule has 0 atom stereocenters. The van der Waals surface area contributed by atoms with E-state index < -0.39 is 0 Å². The molecule has 0 radical (unpaired) electrons. The molecule has 0 saturated carbocycles. The van der Waals surface area contributed by atoms with Gasteiger partial charge in [0, 0.05) is 6.20 Å². The lowest BCUT2D eigenvalue weighted by Crippen LogP contribution is -2.23. The fourth-order valence-corrected chi connectivity index (χ4v) is 1.56. The molecular weight excluding hydrogens is 274 g/mol. The number of hydrogen-bond acceptors (Lipinski definition) is 4. The maximum atomic E-state index is 11.7. The highest BCUT2D eigenvalue weighted by molar-refractivity contribution is 9.10. The number of nitrogens with zero attached hydrogens (tertiary/aromatic N) is 2. The molecule has 2 rings (SSSR count). The molecule has 0 aromatic carbocycles. The smallest absolute Gasteiger partial charge is 0.256 e. The number of halogens is 1. The number of hydrogen-bond donors (Lipinski definition) is 1. The van der Waals surface area contributed by atoms with Crippen molar-refractivity contribution in [1.82, 2.24) is 15.3 Å². The van der Waals surface area contributed by atoms with Gasteiger partial charge in [-0.3, -0.25) is 4.79 Å². The van der Waals surface area contributed by atoms with E-state index in [0.717, 1.165) is 5.69 Å². The van der Waals surface area contributed by atoms with Crippen molar-refractivity contribution in [2.24, 2.45) is 0 Å². The summed E-state index contributed by atoms with van der Waals surface area (Å²) >= 11 is 3.14. The number of aromatic nitrogens is 2. The van der Waals surface area contributed by atoms with Crippen molar-refractivity contribution in [3.8, 4) is 0 Å². The summed E-state index contributed by atoms with van der Waals surface area (Å²) in [7, 11) is 0. The molecule has 2 aromatic rings. The molecule has 0 aliphatic rings. The van der Waals surface area contributed by atoms with E-state index in [4.69, 9.17) is 4.42 Å². The standard InChI is InChI=1S/C10H8BrN3O2/c11-9-8(2-4-16-9)10(15)13-5-7-1-3-12-6-14-7/h1-4,6H,5H2,(H,13,15). The van der Waals surface area contributed by atoms with Crippen LogP contribution in [-0.2, 0) is 6.54 Å². The average molecular weight is 282 g/mol. The Hall–Kier alpha value is -1.69. The molecule has 0 saturated heterocycles. The van der Waals surface area contributed by atoms with Crippen molar-refractivity contribution >= 4 is 21.8 Å². The van der Waals surface area contributed by atoms with Crippen LogP contribution in [0.4, 0.5) is 0 Å². The predicted octanol–water partition coefficient (Wildman–Crippen LogP) is 1.76. The Bertz CT molecular complexity index is 484. The number of carbonyl (C=O) groups excluding carboxylic acids is 1. The van der Waals surface area contributed by atoms with E-state index in [0.29, 0.717) is 16.8 Å². The van der Waals surface area contributed by atoms with Crippen molar-refractivity contribution in [1.29, 1.82) is 0 Å². The van der Waals surface area contributed by atoms with E-state index >= 15 is 0 Å². The van der Waals surface area contributed by atoms with Crippen molar-refractivity contribution < 1.29 is 9.21 Å². The van der Waals surface area contributed by atoms with Gasteiger partial charge in [0.2, 0.25) is 0 Å². The highest BCUT2D eigenvalue weighted by Gasteiger charge is 2.11. The quantitative estimate of drug-likeness (QED) is 0.931. The van der Waals surface area contributed by atoms with E-state index in [2.05, 4.69) is 31.2 Å². The number of carbonyl (C=O) groups is 1. The summed E-state index contributed by atoms with van der Waals surface area (Å²) in [5.41, 5.74) is 1.22. The van der Waals surface area contributed by atoms with Crippen LogP contribution in [0.15, 0.2) is 40.0 Å². The number of nitrogens with one attached hydrogen (secondary N) is 1. The average Bonchev–Trinajstić information content (AvgIpc) is 2.74. The minimum Gasteiger partial charge on any atom is -0.457 e. The fraction of sp³-hybridized carbons (Fsp3) is 0.100. The van der Waals surface area contributed by atoms with Gasteiger partial charge in [-0.05, 0) is 28.1 Å². The topological polar surface area (TPSA) is 68.0 Å². The van der Waals surface area contributed by atoms with E-state index in [1.54, 1.807) is 18.3 Å². The molecule has 2 heterocycles. The van der Waals surface area contributed by atoms with Crippen LogP contribution in [-0.4, -0.2) is 15.9 Å². The molecule has 0 aliphatic heterocycles. The van der Waals surface area contributed by atoms with Gasteiger partial charge in [-0.15, -0.1) is 0 Å². The lowest BCUT2D eigenvalue weighted by Gasteiger charge is -2.02. The third-order valence-corrected chi connectivity index (χ3v) is 2.55. The molecule has 5 nitrogen and oxygen atoms in total. The zero-order valence-corrected chi connectivity index (χ0v) is 9.77. The summed E-state index contributed by atoms with van der Waals surface area (Å²) < 4.78 is 5.39. The molecule has 0 bridgehead atoms. The van der Waals surface area contributed by atoms with Crippen LogP contribution in [0.1, 0.15) is 16.1 Å². The predicted molar refractivity (Wildman–Crippen MR) is 59.6 cm³/mol. The first-order valence-electron chi connectivity index (χ1n) is 4.53. The molecule has 0 spiro atoms. The second-order valence-corrected chi connectivity index (χ2v) is 3.71. The summed E-state index contributed by atoms with van der Waals surface area (Å²) in [6.45, 7) is 0.360. The molecule has 2 aromatic heterocycles. The summed E-state index contributed by atoms with van der Waals surface area (Å²) in [6, 6.07) is 3.34. The van der Waals surface area contributed by atoms with Gasteiger partial charge in [-0.1, -0.05) is 0 Å². The number of rotatable bonds is 3. The maximum Gasteiger partial charge on any atom is 0.256 e. The first kappa shape index (κ1) is 10.8. The van der Waals surface area contributed by atoms with Crippen LogP contribution in [0.2, 0.25) is 0 Å². The Morgan fingerprint density at radius 3 is 3.00 bits per heavy atom. The van der Waals surface area contributed by atoms with E-state index in [1.807, 2.05) is 0 Å². The molecule has 82 valence electrons. The van der Waals surface area contributed by atoms with Gasteiger partial charge < -0.3 is 9.73 Å². The zero-order chi connectivity index (χ0) is 11.4. The fourth-order valence-electron chi connectivity index (χ4n) is 1.14. The third kappa shape index (κ3) is 2.46. The van der Waals surface area contributed by atoms with E-state index in [1.165, 1.54) is 12.6 Å². The monoisotopic (exact) mass is 281 g/mol. The summed E-state index contributed by atoms with van der Waals surface area (Å²) in [4.78, 5) is 19.4.